The van der Waals surface area contributed by atoms with Crippen LogP contribution >= 0.6 is 11.8 Å². The first-order valence-corrected chi connectivity index (χ1v) is 7.02. The standard InChI is InChI=1S/C14H17N3OS/c1-15-13(9-19-14-6-7-16-10-17-14)11-4-3-5-12(8-11)18-2/h3-8,10,13,15H,9H2,1-2H3. The maximum atomic E-state index is 5.26. The number of nitrogens with one attached hydrogen (secondary N) is 1. The zero-order chi connectivity index (χ0) is 13.5. The number of aromatic nitrogens is 2. The zero-order valence-corrected chi connectivity index (χ0v) is 11.9. The molecule has 5 heteroatoms. The molecule has 2 aromatic rings. The second kappa shape index (κ2) is 7.11. The third kappa shape index (κ3) is 3.94. The quantitative estimate of drug-likeness (QED) is 0.648. The normalized spacial score (nSPS) is 12.1. The molecule has 0 aliphatic rings. The van der Waals surface area contributed by atoms with Crippen LogP contribution in [0.3, 0.4) is 0 Å². The molecule has 1 N–H and O–H groups in total. The molecule has 0 aliphatic carbocycles. The van der Waals surface area contributed by atoms with E-state index in [0.717, 1.165) is 16.5 Å². The van der Waals surface area contributed by atoms with E-state index in [2.05, 4.69) is 27.4 Å². The Labute approximate surface area is 117 Å². The molecule has 100 valence electrons. The van der Waals surface area contributed by atoms with Gasteiger partial charge in [0.15, 0.2) is 0 Å². The topological polar surface area (TPSA) is 47.0 Å². The highest BCUT2D eigenvalue weighted by Crippen LogP contribution is 2.25. The van der Waals surface area contributed by atoms with Crippen molar-refractivity contribution in [3.63, 3.8) is 0 Å². The summed E-state index contributed by atoms with van der Waals surface area (Å²) in [6.07, 6.45) is 3.33. The van der Waals surface area contributed by atoms with Gasteiger partial charge in [0.1, 0.15) is 12.1 Å². The molecule has 1 atom stereocenters. The van der Waals surface area contributed by atoms with Gasteiger partial charge in [0, 0.05) is 18.0 Å². The fourth-order valence-electron chi connectivity index (χ4n) is 1.74. The van der Waals surface area contributed by atoms with Gasteiger partial charge in [0.05, 0.1) is 12.1 Å². The minimum atomic E-state index is 0.259. The van der Waals surface area contributed by atoms with Crippen LogP contribution in [0.15, 0.2) is 47.9 Å². The Morgan fingerprint density at radius 3 is 2.95 bits per heavy atom. The fourth-order valence-corrected chi connectivity index (χ4v) is 2.71. The van der Waals surface area contributed by atoms with Gasteiger partial charge in [-0.3, -0.25) is 0 Å². The zero-order valence-electron chi connectivity index (χ0n) is 11.0. The SMILES string of the molecule is CNC(CSc1ccncn1)c1cccc(OC)c1. The van der Waals surface area contributed by atoms with Gasteiger partial charge in [-0.05, 0) is 30.8 Å². The lowest BCUT2D eigenvalue weighted by Gasteiger charge is -2.16. The summed E-state index contributed by atoms with van der Waals surface area (Å²) in [5.74, 6) is 1.78. The number of benzene rings is 1. The minimum absolute atomic E-state index is 0.259. The first kappa shape index (κ1) is 13.8. The highest BCUT2D eigenvalue weighted by atomic mass is 32.2. The van der Waals surface area contributed by atoms with Crippen molar-refractivity contribution < 1.29 is 4.74 Å². The van der Waals surface area contributed by atoms with Crippen LogP contribution in [0.1, 0.15) is 11.6 Å². The van der Waals surface area contributed by atoms with Crippen LogP contribution in [-0.2, 0) is 0 Å². The largest absolute Gasteiger partial charge is 0.497 e. The van der Waals surface area contributed by atoms with E-state index in [1.165, 1.54) is 5.56 Å². The van der Waals surface area contributed by atoms with Gasteiger partial charge in [0.25, 0.3) is 0 Å². The van der Waals surface area contributed by atoms with Gasteiger partial charge in [-0.15, -0.1) is 11.8 Å². The van der Waals surface area contributed by atoms with Crippen LogP contribution in [-0.4, -0.2) is 29.9 Å². The molecule has 0 aliphatic heterocycles. The van der Waals surface area contributed by atoms with Crippen molar-refractivity contribution in [3.05, 3.63) is 48.4 Å². The summed E-state index contributed by atoms with van der Waals surface area (Å²) >= 11 is 1.71. The molecule has 0 bridgehead atoms. The minimum Gasteiger partial charge on any atom is -0.497 e. The number of methoxy groups -OCH3 is 1. The van der Waals surface area contributed by atoms with Gasteiger partial charge in [-0.25, -0.2) is 9.97 Å². The smallest absolute Gasteiger partial charge is 0.119 e. The van der Waals surface area contributed by atoms with Crippen molar-refractivity contribution in [2.45, 2.75) is 11.1 Å². The van der Waals surface area contributed by atoms with E-state index in [-0.39, 0.29) is 6.04 Å². The first-order valence-electron chi connectivity index (χ1n) is 6.03. The summed E-state index contributed by atoms with van der Waals surface area (Å²) in [6, 6.07) is 10.3. The Bertz CT molecular complexity index is 507. The highest BCUT2D eigenvalue weighted by Gasteiger charge is 2.10. The van der Waals surface area contributed by atoms with Crippen LogP contribution < -0.4 is 10.1 Å². The van der Waals surface area contributed by atoms with Crippen molar-refractivity contribution in [1.29, 1.82) is 0 Å². The Hall–Kier alpha value is -1.59. The molecule has 1 heterocycles. The van der Waals surface area contributed by atoms with E-state index in [0.29, 0.717) is 0 Å². The number of thioether (sulfide) groups is 1. The van der Waals surface area contributed by atoms with Gasteiger partial charge >= 0.3 is 0 Å². The molecular weight excluding hydrogens is 258 g/mol. The van der Waals surface area contributed by atoms with Crippen LogP contribution in [0.25, 0.3) is 0 Å². The molecule has 0 radical (unpaired) electrons. The Kier molecular flexibility index (Phi) is 5.18. The number of hydrogen-bond donors (Lipinski definition) is 1. The molecule has 1 aromatic heterocycles. The van der Waals surface area contributed by atoms with Crippen LogP contribution in [0.4, 0.5) is 0 Å². The molecule has 1 aromatic carbocycles. The molecule has 0 amide bonds. The highest BCUT2D eigenvalue weighted by molar-refractivity contribution is 7.99. The second-order valence-corrected chi connectivity index (χ2v) is 5.02. The Morgan fingerprint density at radius 2 is 2.26 bits per heavy atom. The molecule has 0 saturated carbocycles. The van der Waals surface area contributed by atoms with Crippen molar-refractivity contribution >= 4 is 11.8 Å². The number of hydrogen-bond acceptors (Lipinski definition) is 5. The Morgan fingerprint density at radius 1 is 1.37 bits per heavy atom. The summed E-state index contributed by atoms with van der Waals surface area (Å²) in [4.78, 5) is 8.13. The monoisotopic (exact) mass is 275 g/mol. The van der Waals surface area contributed by atoms with E-state index in [9.17, 15) is 0 Å². The lowest BCUT2D eigenvalue weighted by atomic mass is 10.1. The van der Waals surface area contributed by atoms with Crippen LogP contribution in [0, 0.1) is 0 Å². The van der Waals surface area contributed by atoms with Gasteiger partial charge in [-0.1, -0.05) is 12.1 Å². The maximum Gasteiger partial charge on any atom is 0.119 e. The summed E-state index contributed by atoms with van der Waals surface area (Å²) in [5, 5.41) is 4.30. The van der Waals surface area contributed by atoms with Crippen LogP contribution in [0.2, 0.25) is 0 Å². The van der Waals surface area contributed by atoms with Crippen molar-refractivity contribution in [2.24, 2.45) is 0 Å². The van der Waals surface area contributed by atoms with E-state index in [1.54, 1.807) is 31.4 Å². The molecule has 0 saturated heterocycles. The lowest BCUT2D eigenvalue weighted by Crippen LogP contribution is -2.18. The molecule has 2 rings (SSSR count). The average molecular weight is 275 g/mol. The predicted molar refractivity (Wildman–Crippen MR) is 77.6 cm³/mol. The molecule has 0 fully saturated rings. The summed E-state index contributed by atoms with van der Waals surface area (Å²) in [5.41, 5.74) is 1.21. The average Bonchev–Trinajstić information content (AvgIpc) is 2.49. The molecule has 1 unspecified atom stereocenters. The van der Waals surface area contributed by atoms with Crippen molar-refractivity contribution in [3.8, 4) is 5.75 Å². The number of ether oxygens (including phenoxy) is 1. The Balaban J connectivity index is 2.03. The molecule has 19 heavy (non-hydrogen) atoms. The first-order chi connectivity index (χ1) is 9.33. The predicted octanol–water partition coefficient (Wildman–Crippen LogP) is 2.54. The van der Waals surface area contributed by atoms with Gasteiger partial charge in [0.2, 0.25) is 0 Å². The van der Waals surface area contributed by atoms with E-state index >= 15 is 0 Å². The summed E-state index contributed by atoms with van der Waals surface area (Å²) < 4.78 is 5.26. The molecule has 4 nitrogen and oxygen atoms in total. The fraction of sp³-hybridized carbons (Fsp3) is 0.286. The van der Waals surface area contributed by atoms with E-state index < -0.39 is 0 Å². The van der Waals surface area contributed by atoms with Gasteiger partial charge < -0.3 is 10.1 Å². The van der Waals surface area contributed by atoms with Crippen molar-refractivity contribution in [1.82, 2.24) is 15.3 Å². The summed E-state index contributed by atoms with van der Waals surface area (Å²) in [7, 11) is 3.65. The van der Waals surface area contributed by atoms with Crippen molar-refractivity contribution in [2.75, 3.05) is 19.9 Å². The third-order valence-electron chi connectivity index (χ3n) is 2.80. The second-order valence-electron chi connectivity index (χ2n) is 3.98. The van der Waals surface area contributed by atoms with Gasteiger partial charge in [-0.2, -0.15) is 0 Å². The number of rotatable bonds is 6. The van der Waals surface area contributed by atoms with E-state index in [4.69, 9.17) is 4.74 Å². The van der Waals surface area contributed by atoms with Crippen LogP contribution in [0.5, 0.6) is 5.75 Å². The summed E-state index contributed by atoms with van der Waals surface area (Å²) in [6.45, 7) is 0. The molecular formula is C14H17N3OS. The maximum absolute atomic E-state index is 5.26. The third-order valence-corrected chi connectivity index (χ3v) is 3.83. The molecule has 0 spiro atoms. The number of nitrogens with zero attached hydrogens (tertiary/aromatic N) is 2. The van der Waals surface area contributed by atoms with E-state index in [1.807, 2.05) is 25.2 Å². The lowest BCUT2D eigenvalue weighted by molar-refractivity contribution is 0.413.